The van der Waals surface area contributed by atoms with Gasteiger partial charge in [0, 0.05) is 12.5 Å². The molecular formula is C21H24N2O. The Bertz CT molecular complexity index is 718. The van der Waals surface area contributed by atoms with Crippen molar-refractivity contribution in [2.24, 2.45) is 5.16 Å². The molecule has 3 nitrogen and oxygen atoms in total. The Morgan fingerprint density at radius 1 is 1.04 bits per heavy atom. The number of hydrogen-bond acceptors (Lipinski definition) is 3. The molecule has 1 aliphatic heterocycles. The van der Waals surface area contributed by atoms with Gasteiger partial charge in [0.1, 0.15) is 0 Å². The fourth-order valence-electron chi connectivity index (χ4n) is 4.61. The standard InChI is InChI=1S/C21H24N2O/c24-22-15-18-14-21(20-9-5-4-8-19(18)20)10-12-23(13-11-21)16-17-6-2-1-3-7-17/h1-9,15,18,24H,10-14,16H2. The summed E-state index contributed by atoms with van der Waals surface area (Å²) in [4.78, 5) is 2.57. The molecule has 0 bridgehead atoms. The van der Waals surface area contributed by atoms with E-state index in [2.05, 4.69) is 64.7 Å². The Kier molecular flexibility index (Phi) is 4.11. The molecule has 2 aromatic carbocycles. The van der Waals surface area contributed by atoms with E-state index in [-0.39, 0.29) is 11.3 Å². The lowest BCUT2D eigenvalue weighted by Crippen LogP contribution is -2.41. The summed E-state index contributed by atoms with van der Waals surface area (Å²) in [6.07, 6.45) is 5.17. The molecule has 2 aliphatic rings. The molecule has 1 heterocycles. The van der Waals surface area contributed by atoms with Crippen LogP contribution < -0.4 is 0 Å². The van der Waals surface area contributed by atoms with E-state index in [1.54, 1.807) is 6.21 Å². The van der Waals surface area contributed by atoms with Gasteiger partial charge in [-0.3, -0.25) is 4.90 Å². The van der Waals surface area contributed by atoms with Gasteiger partial charge in [0.15, 0.2) is 0 Å². The molecule has 1 atom stereocenters. The van der Waals surface area contributed by atoms with Gasteiger partial charge in [0.05, 0.1) is 6.21 Å². The summed E-state index contributed by atoms with van der Waals surface area (Å²) in [5.74, 6) is 0.256. The summed E-state index contributed by atoms with van der Waals surface area (Å²) in [7, 11) is 0. The van der Waals surface area contributed by atoms with Gasteiger partial charge in [0.2, 0.25) is 0 Å². The van der Waals surface area contributed by atoms with Crippen LogP contribution >= 0.6 is 0 Å². The number of oxime groups is 1. The zero-order chi connectivity index (χ0) is 16.4. The largest absolute Gasteiger partial charge is 0.411 e. The maximum atomic E-state index is 9.01. The predicted molar refractivity (Wildman–Crippen MR) is 96.7 cm³/mol. The molecule has 0 radical (unpaired) electrons. The highest BCUT2D eigenvalue weighted by Crippen LogP contribution is 2.51. The predicted octanol–water partition coefficient (Wildman–Crippen LogP) is 4.17. The molecule has 2 aromatic rings. The van der Waals surface area contributed by atoms with Crippen LogP contribution in [0, 0.1) is 0 Å². The van der Waals surface area contributed by atoms with Crippen molar-refractivity contribution in [1.82, 2.24) is 4.90 Å². The Hall–Kier alpha value is -2.13. The van der Waals surface area contributed by atoms with E-state index in [0.717, 1.165) is 26.1 Å². The maximum absolute atomic E-state index is 9.01. The average Bonchev–Trinajstić information content (AvgIpc) is 2.93. The lowest BCUT2D eigenvalue weighted by molar-refractivity contribution is 0.151. The van der Waals surface area contributed by atoms with E-state index in [0.29, 0.717) is 0 Å². The second kappa shape index (κ2) is 6.40. The zero-order valence-corrected chi connectivity index (χ0v) is 13.9. The first-order valence-corrected chi connectivity index (χ1v) is 8.84. The molecular weight excluding hydrogens is 296 g/mol. The molecule has 4 rings (SSSR count). The summed E-state index contributed by atoms with van der Waals surface area (Å²) in [5.41, 5.74) is 4.49. The van der Waals surface area contributed by atoms with Crippen molar-refractivity contribution >= 4 is 6.21 Å². The highest BCUT2D eigenvalue weighted by atomic mass is 16.4. The van der Waals surface area contributed by atoms with Gasteiger partial charge in [-0.25, -0.2) is 0 Å². The van der Waals surface area contributed by atoms with Gasteiger partial charge in [-0.1, -0.05) is 54.6 Å². The quantitative estimate of drug-likeness (QED) is 0.523. The third kappa shape index (κ3) is 2.73. The van der Waals surface area contributed by atoms with Gasteiger partial charge in [-0.2, -0.15) is 0 Å². The Morgan fingerprint density at radius 3 is 2.50 bits per heavy atom. The van der Waals surface area contributed by atoms with Crippen molar-refractivity contribution in [2.75, 3.05) is 13.1 Å². The Morgan fingerprint density at radius 2 is 1.75 bits per heavy atom. The summed E-state index contributed by atoms with van der Waals surface area (Å²) in [5, 5.41) is 12.3. The van der Waals surface area contributed by atoms with E-state index in [1.165, 1.54) is 29.5 Å². The molecule has 1 spiro atoms. The maximum Gasteiger partial charge on any atom is 0.0511 e. The minimum Gasteiger partial charge on any atom is -0.411 e. The minimum absolute atomic E-state index is 0.256. The third-order valence-corrected chi connectivity index (χ3v) is 5.85. The number of likely N-dealkylation sites (tertiary alicyclic amines) is 1. The lowest BCUT2D eigenvalue weighted by Gasteiger charge is -2.40. The van der Waals surface area contributed by atoms with Crippen molar-refractivity contribution in [3.05, 3.63) is 71.3 Å². The van der Waals surface area contributed by atoms with E-state index < -0.39 is 0 Å². The molecule has 1 unspecified atom stereocenters. The van der Waals surface area contributed by atoms with E-state index in [1.807, 2.05) is 0 Å². The fraction of sp³-hybridized carbons (Fsp3) is 0.381. The second-order valence-electron chi connectivity index (χ2n) is 7.20. The van der Waals surface area contributed by atoms with Crippen LogP contribution in [0.1, 0.15) is 41.9 Å². The van der Waals surface area contributed by atoms with Gasteiger partial charge >= 0.3 is 0 Å². The van der Waals surface area contributed by atoms with Crippen LogP contribution in [0.3, 0.4) is 0 Å². The summed E-state index contributed by atoms with van der Waals surface area (Å²) < 4.78 is 0. The first kappa shape index (κ1) is 15.4. The number of fused-ring (bicyclic) bond motifs is 2. The third-order valence-electron chi connectivity index (χ3n) is 5.85. The van der Waals surface area contributed by atoms with Crippen LogP contribution in [0.15, 0.2) is 59.8 Å². The van der Waals surface area contributed by atoms with Crippen LogP contribution in [0.5, 0.6) is 0 Å². The monoisotopic (exact) mass is 320 g/mol. The highest BCUT2D eigenvalue weighted by molar-refractivity contribution is 5.71. The molecule has 24 heavy (non-hydrogen) atoms. The molecule has 0 saturated carbocycles. The number of hydrogen-bond donors (Lipinski definition) is 1. The van der Waals surface area contributed by atoms with Crippen molar-refractivity contribution in [3.8, 4) is 0 Å². The van der Waals surface area contributed by atoms with Gasteiger partial charge in [-0.15, -0.1) is 5.16 Å². The van der Waals surface area contributed by atoms with Gasteiger partial charge in [0.25, 0.3) is 0 Å². The number of nitrogens with zero attached hydrogens (tertiary/aromatic N) is 2. The number of piperidine rings is 1. The molecule has 1 aliphatic carbocycles. The van der Waals surface area contributed by atoms with Crippen molar-refractivity contribution in [2.45, 2.75) is 37.1 Å². The van der Waals surface area contributed by atoms with E-state index in [4.69, 9.17) is 5.21 Å². The molecule has 124 valence electrons. The van der Waals surface area contributed by atoms with Crippen LogP contribution in [-0.4, -0.2) is 29.4 Å². The van der Waals surface area contributed by atoms with Crippen LogP contribution in [-0.2, 0) is 12.0 Å². The van der Waals surface area contributed by atoms with Gasteiger partial charge < -0.3 is 5.21 Å². The summed E-state index contributed by atoms with van der Waals surface area (Å²) in [6.45, 7) is 3.30. The van der Waals surface area contributed by atoms with Crippen molar-refractivity contribution in [1.29, 1.82) is 0 Å². The normalized spacial score (nSPS) is 22.9. The molecule has 0 aromatic heterocycles. The van der Waals surface area contributed by atoms with Crippen LogP contribution in [0.2, 0.25) is 0 Å². The first-order valence-electron chi connectivity index (χ1n) is 8.84. The Balaban J connectivity index is 1.50. The lowest BCUT2D eigenvalue weighted by atomic mass is 9.73. The fourth-order valence-corrected chi connectivity index (χ4v) is 4.61. The van der Waals surface area contributed by atoms with Gasteiger partial charge in [-0.05, 0) is 54.5 Å². The topological polar surface area (TPSA) is 35.8 Å². The Labute approximate surface area is 143 Å². The van der Waals surface area contributed by atoms with Crippen molar-refractivity contribution < 1.29 is 5.21 Å². The highest BCUT2D eigenvalue weighted by Gasteiger charge is 2.44. The number of benzene rings is 2. The molecule has 0 amide bonds. The summed E-state index contributed by atoms with van der Waals surface area (Å²) >= 11 is 0. The smallest absolute Gasteiger partial charge is 0.0511 e. The second-order valence-corrected chi connectivity index (χ2v) is 7.20. The van der Waals surface area contributed by atoms with Crippen LogP contribution in [0.4, 0.5) is 0 Å². The van der Waals surface area contributed by atoms with Crippen LogP contribution in [0.25, 0.3) is 0 Å². The summed E-state index contributed by atoms with van der Waals surface area (Å²) in [6, 6.07) is 19.5. The van der Waals surface area contributed by atoms with E-state index in [9.17, 15) is 0 Å². The average molecular weight is 320 g/mol. The molecule has 3 heteroatoms. The minimum atomic E-state index is 0.256. The van der Waals surface area contributed by atoms with Crippen molar-refractivity contribution in [3.63, 3.8) is 0 Å². The number of rotatable bonds is 3. The molecule has 1 saturated heterocycles. The molecule has 1 fully saturated rings. The first-order chi connectivity index (χ1) is 11.8. The van der Waals surface area contributed by atoms with E-state index >= 15 is 0 Å². The molecule has 1 N–H and O–H groups in total. The SMILES string of the molecule is ON=CC1CC2(CCN(Cc3ccccc3)CC2)c2ccccc21. The zero-order valence-electron chi connectivity index (χ0n) is 13.9.